The van der Waals surface area contributed by atoms with Crippen molar-refractivity contribution in [3.8, 4) is 5.75 Å². The number of piperidine rings is 1. The van der Waals surface area contributed by atoms with Gasteiger partial charge in [0.1, 0.15) is 5.75 Å². The van der Waals surface area contributed by atoms with Crippen molar-refractivity contribution in [2.75, 3.05) is 19.6 Å². The number of carbonyl (C=O) groups is 1. The van der Waals surface area contributed by atoms with Gasteiger partial charge >= 0.3 is 5.97 Å². The highest BCUT2D eigenvalue weighted by Crippen LogP contribution is 2.39. The molecule has 1 saturated heterocycles. The topological polar surface area (TPSA) is 49.8 Å². The maximum Gasteiger partial charge on any atom is 0.303 e. The lowest BCUT2D eigenvalue weighted by Gasteiger charge is -2.37. The molecule has 2 fully saturated rings. The lowest BCUT2D eigenvalue weighted by atomic mass is 9.72. The Kier molecular flexibility index (Phi) is 7.61. The summed E-state index contributed by atoms with van der Waals surface area (Å²) < 4.78 is 6.29. The summed E-state index contributed by atoms with van der Waals surface area (Å²) in [4.78, 5) is 13.2. The van der Waals surface area contributed by atoms with Crippen LogP contribution < -0.4 is 4.74 Å². The Hall–Kier alpha value is -1.55. The third kappa shape index (κ3) is 6.74. The number of carboxylic acids is 1. The molecule has 3 rings (SSSR count). The normalized spacial score (nSPS) is 26.2. The van der Waals surface area contributed by atoms with Crippen LogP contribution in [0.25, 0.3) is 0 Å². The van der Waals surface area contributed by atoms with Crippen molar-refractivity contribution in [1.82, 2.24) is 4.90 Å². The fourth-order valence-corrected chi connectivity index (χ4v) is 5.04. The van der Waals surface area contributed by atoms with Gasteiger partial charge in [0, 0.05) is 13.0 Å². The van der Waals surface area contributed by atoms with Crippen LogP contribution in [0.15, 0.2) is 24.3 Å². The molecule has 1 N–H and O–H groups in total. The van der Waals surface area contributed by atoms with E-state index >= 15 is 0 Å². The molecule has 1 atom stereocenters. The number of hydrogen-bond donors (Lipinski definition) is 1. The molecule has 1 aliphatic carbocycles. The first-order valence-electron chi connectivity index (χ1n) is 11.5. The van der Waals surface area contributed by atoms with E-state index in [9.17, 15) is 4.79 Å². The van der Waals surface area contributed by atoms with Crippen molar-refractivity contribution in [2.24, 2.45) is 11.3 Å². The molecule has 0 bridgehead atoms. The third-order valence-electron chi connectivity index (χ3n) is 6.92. The smallest absolute Gasteiger partial charge is 0.303 e. The first kappa shape index (κ1) is 22.1. The van der Waals surface area contributed by atoms with Gasteiger partial charge in [0.2, 0.25) is 0 Å². The van der Waals surface area contributed by atoms with E-state index in [-0.39, 0.29) is 6.42 Å². The molecule has 4 heteroatoms. The van der Waals surface area contributed by atoms with Crippen molar-refractivity contribution in [1.29, 1.82) is 0 Å². The van der Waals surface area contributed by atoms with Crippen molar-refractivity contribution in [2.45, 2.75) is 84.2 Å². The number of carboxylic acid groups (broad SMARTS) is 1. The summed E-state index contributed by atoms with van der Waals surface area (Å²) in [6.45, 7) is 10.1. The van der Waals surface area contributed by atoms with Gasteiger partial charge < -0.3 is 14.7 Å². The van der Waals surface area contributed by atoms with Gasteiger partial charge in [-0.3, -0.25) is 4.79 Å². The minimum atomic E-state index is -0.693. The average Bonchev–Trinajstić information content (AvgIpc) is 2.68. The van der Waals surface area contributed by atoms with Crippen molar-refractivity contribution >= 4 is 5.97 Å². The molecule has 0 amide bonds. The number of benzene rings is 1. The zero-order valence-electron chi connectivity index (χ0n) is 18.5. The van der Waals surface area contributed by atoms with Gasteiger partial charge in [-0.15, -0.1) is 0 Å². The van der Waals surface area contributed by atoms with Crippen LogP contribution >= 0.6 is 0 Å². The molecular weight excluding hydrogens is 362 g/mol. The number of rotatable bonds is 7. The SMILES string of the molecule is CC(C)(C)[C@H]1CC[C@@H](Oc2ccc(C3CCCN(CCCC(=O)O)C3)cc2)CC1. The van der Waals surface area contributed by atoms with Crippen LogP contribution in [0.5, 0.6) is 5.75 Å². The molecule has 0 spiro atoms. The second-order valence-corrected chi connectivity index (χ2v) is 10.2. The number of aliphatic carboxylic acids is 1. The molecule has 162 valence electrons. The molecule has 1 saturated carbocycles. The first-order chi connectivity index (χ1) is 13.8. The average molecular weight is 402 g/mol. The molecule has 4 nitrogen and oxygen atoms in total. The Balaban J connectivity index is 1.47. The molecular formula is C25H39NO3. The minimum Gasteiger partial charge on any atom is -0.490 e. The highest BCUT2D eigenvalue weighted by molar-refractivity contribution is 5.66. The first-order valence-corrected chi connectivity index (χ1v) is 11.5. The number of nitrogens with zero attached hydrogens (tertiary/aromatic N) is 1. The van der Waals surface area contributed by atoms with E-state index in [1.54, 1.807) is 0 Å². The van der Waals surface area contributed by atoms with Gasteiger partial charge in [0.15, 0.2) is 0 Å². The minimum absolute atomic E-state index is 0.269. The van der Waals surface area contributed by atoms with Crippen LogP contribution in [0.4, 0.5) is 0 Å². The number of ether oxygens (including phenoxy) is 1. The molecule has 29 heavy (non-hydrogen) atoms. The predicted molar refractivity (Wildman–Crippen MR) is 118 cm³/mol. The van der Waals surface area contributed by atoms with E-state index in [0.29, 0.717) is 17.4 Å². The van der Waals surface area contributed by atoms with Gasteiger partial charge in [0.25, 0.3) is 0 Å². The number of hydrogen-bond acceptors (Lipinski definition) is 3. The Morgan fingerprint density at radius 3 is 2.41 bits per heavy atom. The maximum atomic E-state index is 10.7. The molecule has 1 unspecified atom stereocenters. The Labute approximate surface area is 176 Å². The van der Waals surface area contributed by atoms with Gasteiger partial charge in [0.05, 0.1) is 6.10 Å². The molecule has 1 heterocycles. The van der Waals surface area contributed by atoms with Gasteiger partial charge in [-0.1, -0.05) is 32.9 Å². The zero-order chi connectivity index (χ0) is 20.9. The molecule has 0 radical (unpaired) electrons. The van der Waals surface area contributed by atoms with Crippen LogP contribution in [0, 0.1) is 11.3 Å². The second kappa shape index (κ2) is 9.97. The summed E-state index contributed by atoms with van der Waals surface area (Å²) in [7, 11) is 0. The van der Waals surface area contributed by atoms with Gasteiger partial charge in [-0.05, 0) is 93.0 Å². The lowest BCUT2D eigenvalue weighted by molar-refractivity contribution is -0.137. The summed E-state index contributed by atoms with van der Waals surface area (Å²) in [5, 5.41) is 8.83. The summed E-state index contributed by atoms with van der Waals surface area (Å²) in [6, 6.07) is 8.77. The zero-order valence-corrected chi connectivity index (χ0v) is 18.5. The van der Waals surface area contributed by atoms with Crippen molar-refractivity contribution in [3.05, 3.63) is 29.8 Å². The van der Waals surface area contributed by atoms with E-state index in [4.69, 9.17) is 9.84 Å². The number of likely N-dealkylation sites (tertiary alicyclic amines) is 1. The highest BCUT2D eigenvalue weighted by Gasteiger charge is 2.30. The lowest BCUT2D eigenvalue weighted by Crippen LogP contribution is -2.35. The molecule has 1 aromatic rings. The third-order valence-corrected chi connectivity index (χ3v) is 6.92. The van der Waals surface area contributed by atoms with Crippen LogP contribution in [0.2, 0.25) is 0 Å². The van der Waals surface area contributed by atoms with Gasteiger partial charge in [-0.25, -0.2) is 0 Å². The van der Waals surface area contributed by atoms with E-state index in [0.717, 1.165) is 50.6 Å². The van der Waals surface area contributed by atoms with Crippen molar-refractivity contribution in [3.63, 3.8) is 0 Å². The summed E-state index contributed by atoms with van der Waals surface area (Å²) in [5.74, 6) is 1.67. The Morgan fingerprint density at radius 2 is 1.79 bits per heavy atom. The fraction of sp³-hybridized carbons (Fsp3) is 0.720. The second-order valence-electron chi connectivity index (χ2n) is 10.2. The summed E-state index contributed by atoms with van der Waals surface area (Å²) >= 11 is 0. The molecule has 1 aromatic carbocycles. The van der Waals surface area contributed by atoms with Crippen LogP contribution in [-0.2, 0) is 4.79 Å². The predicted octanol–water partition coefficient (Wildman–Crippen LogP) is 5.71. The maximum absolute atomic E-state index is 10.7. The molecule has 0 aromatic heterocycles. The van der Waals surface area contributed by atoms with Crippen LogP contribution in [0.1, 0.15) is 83.6 Å². The molecule has 2 aliphatic rings. The van der Waals surface area contributed by atoms with Crippen LogP contribution in [0.3, 0.4) is 0 Å². The largest absolute Gasteiger partial charge is 0.490 e. The van der Waals surface area contributed by atoms with Crippen molar-refractivity contribution < 1.29 is 14.6 Å². The standard InChI is InChI=1S/C25H39NO3/c1-25(2,3)21-10-14-23(15-11-21)29-22-12-8-19(9-13-22)20-6-4-16-26(18-20)17-5-7-24(27)28/h8-9,12-13,20-21,23H,4-7,10-11,14-18H2,1-3H3,(H,27,28)/t20?,21-,23+. The van der Waals surface area contributed by atoms with E-state index in [2.05, 4.69) is 49.9 Å². The Morgan fingerprint density at radius 1 is 1.10 bits per heavy atom. The summed E-state index contributed by atoms with van der Waals surface area (Å²) in [6.07, 6.45) is 8.64. The van der Waals surface area contributed by atoms with Crippen LogP contribution in [-0.4, -0.2) is 41.7 Å². The fourth-order valence-electron chi connectivity index (χ4n) is 5.04. The van der Waals surface area contributed by atoms with E-state index in [1.165, 1.54) is 31.2 Å². The summed E-state index contributed by atoms with van der Waals surface area (Å²) in [5.41, 5.74) is 1.80. The Bertz CT molecular complexity index is 641. The highest BCUT2D eigenvalue weighted by atomic mass is 16.5. The van der Waals surface area contributed by atoms with Gasteiger partial charge in [-0.2, -0.15) is 0 Å². The molecule has 1 aliphatic heterocycles. The monoisotopic (exact) mass is 401 g/mol. The van der Waals surface area contributed by atoms with E-state index < -0.39 is 5.97 Å². The van der Waals surface area contributed by atoms with E-state index in [1.807, 2.05) is 0 Å². The quantitative estimate of drug-likeness (QED) is 0.635.